The number of fused-ring (bicyclic) bond motifs is 1. The van der Waals surface area contributed by atoms with E-state index in [1.165, 1.54) is 6.92 Å². The zero-order chi connectivity index (χ0) is 11.2. The van der Waals surface area contributed by atoms with E-state index in [9.17, 15) is 20.4 Å². The lowest BCUT2D eigenvalue weighted by molar-refractivity contribution is -0.440. The molecular weight excluding hydrogens is 208 g/mol. The lowest BCUT2D eigenvalue weighted by atomic mass is 9.98. The van der Waals surface area contributed by atoms with Gasteiger partial charge in [0.15, 0.2) is 6.29 Å². The van der Waals surface area contributed by atoms with Gasteiger partial charge in [-0.2, -0.15) is 0 Å². The monoisotopic (exact) mass is 222 g/mol. The van der Waals surface area contributed by atoms with Gasteiger partial charge < -0.3 is 34.6 Å². The molecule has 2 aliphatic rings. The predicted molar refractivity (Wildman–Crippen MR) is 44.3 cm³/mol. The Balaban J connectivity index is 2.12. The lowest BCUT2D eigenvalue weighted by Crippen LogP contribution is -2.64. The van der Waals surface area contributed by atoms with Crippen molar-refractivity contribution in [1.82, 2.24) is 0 Å². The SMILES string of the molecule is C[C@]1(O)OCC2OC(O)[C@@H](O)[C@@H](O)[C@@H]2O1. The van der Waals surface area contributed by atoms with E-state index in [0.29, 0.717) is 0 Å². The largest absolute Gasteiger partial charge is 0.387 e. The van der Waals surface area contributed by atoms with E-state index in [4.69, 9.17) is 14.2 Å². The summed E-state index contributed by atoms with van der Waals surface area (Å²) in [4.78, 5) is 0. The summed E-state index contributed by atoms with van der Waals surface area (Å²) >= 11 is 0. The minimum absolute atomic E-state index is 0.0293. The average Bonchev–Trinajstić information content (AvgIpc) is 2.16. The molecule has 0 spiro atoms. The van der Waals surface area contributed by atoms with Crippen LogP contribution in [0.1, 0.15) is 6.92 Å². The van der Waals surface area contributed by atoms with Gasteiger partial charge in [-0.1, -0.05) is 0 Å². The number of ether oxygens (including phenoxy) is 3. The first-order chi connectivity index (χ1) is 6.91. The molecule has 0 aliphatic carbocycles. The van der Waals surface area contributed by atoms with Gasteiger partial charge in [0.05, 0.1) is 6.61 Å². The standard InChI is InChI=1S/C8H14O7/c1-8(12)13-2-3-6(15-8)4(9)5(10)7(11)14-3/h3-7,9-12H,2H2,1H3/t3?,4-,5+,6-,7?,8+/m1/s1. The summed E-state index contributed by atoms with van der Waals surface area (Å²) in [6.45, 7) is 1.24. The van der Waals surface area contributed by atoms with Crippen molar-refractivity contribution in [3.8, 4) is 0 Å². The third-order valence-electron chi connectivity index (χ3n) is 2.53. The molecule has 4 N–H and O–H groups in total. The molecule has 88 valence electrons. The topological polar surface area (TPSA) is 109 Å². The maximum absolute atomic E-state index is 9.59. The van der Waals surface area contributed by atoms with Crippen LogP contribution in [0.4, 0.5) is 0 Å². The Bertz CT molecular complexity index is 241. The van der Waals surface area contributed by atoms with Crippen LogP contribution in [0.25, 0.3) is 0 Å². The molecule has 2 unspecified atom stereocenters. The van der Waals surface area contributed by atoms with Gasteiger partial charge in [-0.05, 0) is 0 Å². The predicted octanol–water partition coefficient (Wildman–Crippen LogP) is -2.49. The maximum Gasteiger partial charge on any atom is 0.277 e. The molecule has 7 heteroatoms. The lowest BCUT2D eigenvalue weighted by Gasteiger charge is -2.46. The molecule has 0 aromatic rings. The van der Waals surface area contributed by atoms with E-state index in [1.54, 1.807) is 0 Å². The Hall–Kier alpha value is -0.280. The van der Waals surface area contributed by atoms with E-state index >= 15 is 0 Å². The van der Waals surface area contributed by atoms with Crippen LogP contribution < -0.4 is 0 Å². The van der Waals surface area contributed by atoms with Gasteiger partial charge in [0, 0.05) is 6.92 Å². The second kappa shape index (κ2) is 3.63. The summed E-state index contributed by atoms with van der Waals surface area (Å²) < 4.78 is 14.8. The Kier molecular flexibility index (Phi) is 2.72. The molecule has 2 fully saturated rings. The molecule has 0 aromatic heterocycles. The molecule has 15 heavy (non-hydrogen) atoms. The Morgan fingerprint density at radius 1 is 1.20 bits per heavy atom. The van der Waals surface area contributed by atoms with Crippen LogP contribution in [0.2, 0.25) is 0 Å². The molecule has 0 radical (unpaired) electrons. The van der Waals surface area contributed by atoms with Crippen molar-refractivity contribution in [2.45, 2.75) is 43.6 Å². The van der Waals surface area contributed by atoms with Gasteiger partial charge in [-0.15, -0.1) is 0 Å². The summed E-state index contributed by atoms with van der Waals surface area (Å²) in [6, 6.07) is 0. The molecule has 0 bridgehead atoms. The van der Waals surface area contributed by atoms with Gasteiger partial charge in [-0.3, -0.25) is 0 Å². The minimum Gasteiger partial charge on any atom is -0.387 e. The first-order valence-corrected chi connectivity index (χ1v) is 4.64. The average molecular weight is 222 g/mol. The summed E-state index contributed by atoms with van der Waals surface area (Å²) in [6.07, 6.45) is -5.89. The normalized spacial score (nSPS) is 56.2. The molecule has 0 amide bonds. The Labute approximate surface area is 85.8 Å². The number of hydrogen-bond acceptors (Lipinski definition) is 7. The van der Waals surface area contributed by atoms with E-state index in [-0.39, 0.29) is 6.61 Å². The van der Waals surface area contributed by atoms with Crippen molar-refractivity contribution in [3.05, 3.63) is 0 Å². The highest BCUT2D eigenvalue weighted by atomic mass is 16.8. The van der Waals surface area contributed by atoms with Crippen molar-refractivity contribution in [3.63, 3.8) is 0 Å². The van der Waals surface area contributed by atoms with Gasteiger partial charge in [0.2, 0.25) is 0 Å². The first kappa shape index (κ1) is 11.2. The summed E-state index contributed by atoms with van der Waals surface area (Å²) in [5.41, 5.74) is 0. The van der Waals surface area contributed by atoms with Crippen molar-refractivity contribution >= 4 is 0 Å². The van der Waals surface area contributed by atoms with Crippen LogP contribution in [-0.2, 0) is 14.2 Å². The molecule has 2 aliphatic heterocycles. The molecule has 2 saturated heterocycles. The van der Waals surface area contributed by atoms with Crippen LogP contribution in [-0.4, -0.2) is 63.7 Å². The zero-order valence-corrected chi connectivity index (χ0v) is 8.11. The van der Waals surface area contributed by atoms with E-state index in [2.05, 4.69) is 0 Å². The van der Waals surface area contributed by atoms with Crippen LogP contribution in [0.15, 0.2) is 0 Å². The fraction of sp³-hybridized carbons (Fsp3) is 1.00. The molecule has 7 nitrogen and oxygen atoms in total. The van der Waals surface area contributed by atoms with Crippen molar-refractivity contribution in [2.75, 3.05) is 6.61 Å². The summed E-state index contributed by atoms with van der Waals surface area (Å²) in [5, 5.41) is 37.6. The van der Waals surface area contributed by atoms with Crippen LogP contribution >= 0.6 is 0 Å². The summed E-state index contributed by atoms with van der Waals surface area (Å²) in [5.74, 6) is -1.81. The summed E-state index contributed by atoms with van der Waals surface area (Å²) in [7, 11) is 0. The minimum atomic E-state index is -1.81. The van der Waals surface area contributed by atoms with E-state index in [0.717, 1.165) is 0 Å². The van der Waals surface area contributed by atoms with Crippen LogP contribution in [0, 0.1) is 0 Å². The van der Waals surface area contributed by atoms with Crippen molar-refractivity contribution in [2.24, 2.45) is 0 Å². The molecular formula is C8H14O7. The third-order valence-corrected chi connectivity index (χ3v) is 2.53. The highest BCUT2D eigenvalue weighted by molar-refractivity contribution is 4.92. The van der Waals surface area contributed by atoms with Crippen molar-refractivity contribution < 1.29 is 34.6 Å². The number of aliphatic hydroxyl groups excluding tert-OH is 3. The highest BCUT2D eigenvalue weighted by Gasteiger charge is 2.50. The van der Waals surface area contributed by atoms with Gasteiger partial charge in [0.1, 0.15) is 24.4 Å². The second-order valence-electron chi connectivity index (χ2n) is 3.84. The fourth-order valence-electron chi connectivity index (χ4n) is 1.72. The first-order valence-electron chi connectivity index (χ1n) is 4.64. The highest BCUT2D eigenvalue weighted by Crippen LogP contribution is 2.30. The smallest absolute Gasteiger partial charge is 0.277 e. The van der Waals surface area contributed by atoms with Gasteiger partial charge >= 0.3 is 0 Å². The Morgan fingerprint density at radius 2 is 1.87 bits per heavy atom. The third kappa shape index (κ3) is 2.00. The Morgan fingerprint density at radius 3 is 2.53 bits per heavy atom. The van der Waals surface area contributed by atoms with Gasteiger partial charge in [0.25, 0.3) is 5.97 Å². The van der Waals surface area contributed by atoms with Gasteiger partial charge in [-0.25, -0.2) is 0 Å². The molecule has 0 aromatic carbocycles. The van der Waals surface area contributed by atoms with E-state index in [1.807, 2.05) is 0 Å². The van der Waals surface area contributed by atoms with Crippen LogP contribution in [0.3, 0.4) is 0 Å². The maximum atomic E-state index is 9.59. The fourth-order valence-corrected chi connectivity index (χ4v) is 1.72. The number of aliphatic hydroxyl groups is 4. The number of rotatable bonds is 0. The van der Waals surface area contributed by atoms with E-state index < -0.39 is 36.7 Å². The molecule has 6 atom stereocenters. The van der Waals surface area contributed by atoms with Crippen LogP contribution in [0.5, 0.6) is 0 Å². The molecule has 2 rings (SSSR count). The second-order valence-corrected chi connectivity index (χ2v) is 3.84. The number of hydrogen-bond donors (Lipinski definition) is 4. The quantitative estimate of drug-likeness (QED) is 0.359. The molecule has 2 heterocycles. The molecule has 0 saturated carbocycles. The van der Waals surface area contributed by atoms with Crippen molar-refractivity contribution in [1.29, 1.82) is 0 Å². The zero-order valence-electron chi connectivity index (χ0n) is 8.11.